The number of pyridine rings is 1. The highest BCUT2D eigenvalue weighted by molar-refractivity contribution is 5.89. The van der Waals surface area contributed by atoms with Crippen LogP contribution in [0.5, 0.6) is 0 Å². The van der Waals surface area contributed by atoms with Crippen molar-refractivity contribution >= 4 is 48.2 Å². The average molecular weight is 564 g/mol. The van der Waals surface area contributed by atoms with Crippen molar-refractivity contribution in [3.05, 3.63) is 83.8 Å². The molecule has 0 N–H and O–H groups in total. The van der Waals surface area contributed by atoms with Gasteiger partial charge in [-0.25, -0.2) is 0 Å². The molecule has 1 fully saturated rings. The number of likely N-dealkylation sites (tertiary alicyclic amines) is 1. The summed E-state index contributed by atoms with van der Waals surface area (Å²) in [6.45, 7) is 4.23. The van der Waals surface area contributed by atoms with Crippen LogP contribution >= 0.6 is 37.2 Å². The van der Waals surface area contributed by atoms with Crippen LogP contribution < -0.4 is 0 Å². The van der Waals surface area contributed by atoms with Gasteiger partial charge in [0.25, 0.3) is 0 Å². The summed E-state index contributed by atoms with van der Waals surface area (Å²) in [5.41, 5.74) is 6.89. The number of benzene rings is 2. The first kappa shape index (κ1) is 31.1. The molecule has 1 aliphatic heterocycles. The van der Waals surface area contributed by atoms with E-state index in [1.165, 1.54) is 49.0 Å². The lowest BCUT2D eigenvalue weighted by Gasteiger charge is -2.32. The van der Waals surface area contributed by atoms with Gasteiger partial charge in [0.2, 0.25) is 0 Å². The Hall–Kier alpha value is -2.15. The number of rotatable bonds is 8. The molecule has 0 aliphatic carbocycles. The van der Waals surface area contributed by atoms with Gasteiger partial charge in [-0.3, -0.25) is 9.88 Å². The number of aromatic nitrogens is 2. The zero-order valence-electron chi connectivity index (χ0n) is 21.5. The highest BCUT2D eigenvalue weighted by Gasteiger charge is 2.22. The Balaban J connectivity index is 0.00000160. The third-order valence-electron chi connectivity index (χ3n) is 7.01. The number of piperidine rings is 1. The predicted molar refractivity (Wildman–Crippen MR) is 159 cm³/mol. The van der Waals surface area contributed by atoms with Crippen LogP contribution in [0.3, 0.4) is 0 Å². The van der Waals surface area contributed by atoms with Gasteiger partial charge in [-0.15, -0.1) is 37.2 Å². The second kappa shape index (κ2) is 14.7. The largest absolute Gasteiger partial charge is 0.356 e. The van der Waals surface area contributed by atoms with E-state index in [9.17, 15) is 0 Å². The maximum Gasteiger partial charge on any atom is 0.172 e. The third kappa shape index (κ3) is 7.68. The molecule has 0 radical (unpaired) electrons. The molecule has 0 amide bonds. The van der Waals surface area contributed by atoms with E-state index >= 15 is 0 Å². The van der Waals surface area contributed by atoms with E-state index in [2.05, 4.69) is 82.6 Å². The quantitative estimate of drug-likeness (QED) is 0.230. The molecule has 0 bridgehead atoms. The highest BCUT2D eigenvalue weighted by Crippen LogP contribution is 2.33. The fraction of sp³-hybridized carbons (Fsp3) is 0.379. The van der Waals surface area contributed by atoms with E-state index in [1.807, 2.05) is 18.5 Å². The van der Waals surface area contributed by atoms with Crippen LogP contribution in [0.2, 0.25) is 0 Å². The van der Waals surface area contributed by atoms with Gasteiger partial charge < -0.3 is 9.42 Å². The Morgan fingerprint density at radius 2 is 1.70 bits per heavy atom. The Bertz CT molecular complexity index is 1210. The van der Waals surface area contributed by atoms with Gasteiger partial charge in [-0.2, -0.15) is 0 Å². The molecule has 1 aliphatic rings. The molecule has 1 saturated heterocycles. The van der Waals surface area contributed by atoms with Gasteiger partial charge in [-0.1, -0.05) is 47.6 Å². The van der Waals surface area contributed by atoms with Crippen molar-refractivity contribution in [1.29, 1.82) is 0 Å². The maximum absolute atomic E-state index is 5.96. The highest BCUT2D eigenvalue weighted by atomic mass is 35.5. The van der Waals surface area contributed by atoms with Crippen LogP contribution in [0.1, 0.15) is 36.1 Å². The molecule has 3 heterocycles. The van der Waals surface area contributed by atoms with E-state index in [1.54, 1.807) is 0 Å². The second-order valence-electron chi connectivity index (χ2n) is 9.82. The minimum atomic E-state index is 0. The van der Waals surface area contributed by atoms with Crippen LogP contribution in [-0.4, -0.2) is 47.1 Å². The van der Waals surface area contributed by atoms with Crippen LogP contribution in [0.25, 0.3) is 22.1 Å². The summed E-state index contributed by atoms with van der Waals surface area (Å²) in [5.74, 6) is 0.759. The first-order chi connectivity index (χ1) is 16.7. The lowest BCUT2D eigenvalue weighted by atomic mass is 9.90. The normalized spacial score (nSPS) is 14.1. The average Bonchev–Trinajstić information content (AvgIpc) is 3.28. The number of hydrogen-bond donors (Lipinski definition) is 0. The molecule has 0 spiro atoms. The zero-order chi connectivity index (χ0) is 23.3. The molecular formula is C29H37Cl3N4O. The predicted octanol–water partition coefficient (Wildman–Crippen LogP) is 7.06. The number of nitrogens with zero attached hydrogens (tertiary/aromatic N) is 4. The van der Waals surface area contributed by atoms with E-state index in [-0.39, 0.29) is 37.2 Å². The summed E-state index contributed by atoms with van der Waals surface area (Å²) >= 11 is 0. The Morgan fingerprint density at radius 1 is 0.946 bits per heavy atom. The molecule has 2 aromatic carbocycles. The summed E-state index contributed by atoms with van der Waals surface area (Å²) in [6.07, 6.45) is 8.41. The fourth-order valence-electron chi connectivity index (χ4n) is 5.17. The van der Waals surface area contributed by atoms with Crippen molar-refractivity contribution in [2.45, 2.75) is 38.8 Å². The van der Waals surface area contributed by atoms with Crippen molar-refractivity contribution in [3.63, 3.8) is 0 Å². The van der Waals surface area contributed by atoms with E-state index < -0.39 is 0 Å². The standard InChI is InChI=1S/C29H34N4O.3ClH/c1-32(2)21-27-25(24-9-6-16-30-19-24)11-12-26-28(31-34-29(26)27)13-10-22-14-17-33(18-15-22)20-23-7-4-3-5-8-23;;;/h3-9,11-12,16,19,22H,10,13-15,17-18,20-21H2,1-2H3;3*1H. The van der Waals surface area contributed by atoms with Crippen LogP contribution in [0, 0.1) is 5.92 Å². The van der Waals surface area contributed by atoms with Gasteiger partial charge in [0.15, 0.2) is 5.58 Å². The fourth-order valence-corrected chi connectivity index (χ4v) is 5.17. The Kier molecular flexibility index (Phi) is 12.3. The minimum Gasteiger partial charge on any atom is -0.356 e. The second-order valence-corrected chi connectivity index (χ2v) is 9.82. The van der Waals surface area contributed by atoms with Crippen molar-refractivity contribution in [3.8, 4) is 11.1 Å². The Labute approximate surface area is 238 Å². The topological polar surface area (TPSA) is 45.4 Å². The van der Waals surface area contributed by atoms with Crippen LogP contribution in [-0.2, 0) is 19.5 Å². The maximum atomic E-state index is 5.96. The molecule has 0 atom stereocenters. The summed E-state index contributed by atoms with van der Waals surface area (Å²) in [4.78, 5) is 9.08. The molecule has 0 saturated carbocycles. The molecule has 37 heavy (non-hydrogen) atoms. The smallest absolute Gasteiger partial charge is 0.172 e. The van der Waals surface area contributed by atoms with Gasteiger partial charge in [0, 0.05) is 42.0 Å². The molecular weight excluding hydrogens is 527 g/mol. The van der Waals surface area contributed by atoms with Gasteiger partial charge in [0.1, 0.15) is 0 Å². The van der Waals surface area contributed by atoms with Gasteiger partial charge in [0.05, 0.1) is 5.69 Å². The van der Waals surface area contributed by atoms with Crippen molar-refractivity contribution in [2.24, 2.45) is 5.92 Å². The van der Waals surface area contributed by atoms with Crippen molar-refractivity contribution in [2.75, 3.05) is 27.2 Å². The molecule has 200 valence electrons. The number of hydrogen-bond acceptors (Lipinski definition) is 5. The van der Waals surface area contributed by atoms with E-state index in [0.717, 1.165) is 47.7 Å². The Morgan fingerprint density at radius 3 is 2.38 bits per heavy atom. The molecule has 0 unspecified atom stereocenters. The lowest BCUT2D eigenvalue weighted by molar-refractivity contribution is 0.172. The lowest BCUT2D eigenvalue weighted by Crippen LogP contribution is -2.33. The van der Waals surface area contributed by atoms with Gasteiger partial charge in [-0.05, 0) is 82.0 Å². The van der Waals surface area contributed by atoms with Crippen LogP contribution in [0.15, 0.2) is 71.5 Å². The number of fused-ring (bicyclic) bond motifs is 1. The van der Waals surface area contributed by atoms with Crippen molar-refractivity contribution in [1.82, 2.24) is 19.9 Å². The van der Waals surface area contributed by atoms with Crippen molar-refractivity contribution < 1.29 is 4.52 Å². The van der Waals surface area contributed by atoms with E-state index in [4.69, 9.17) is 4.52 Å². The molecule has 4 aromatic rings. The monoisotopic (exact) mass is 562 g/mol. The minimum absolute atomic E-state index is 0. The van der Waals surface area contributed by atoms with Crippen LogP contribution in [0.4, 0.5) is 0 Å². The first-order valence-corrected chi connectivity index (χ1v) is 12.4. The molecule has 2 aromatic heterocycles. The third-order valence-corrected chi connectivity index (χ3v) is 7.01. The summed E-state index contributed by atoms with van der Waals surface area (Å²) in [5, 5.41) is 5.69. The SMILES string of the molecule is CN(C)Cc1c(-c2cccnc2)ccc2c(CCC3CCN(Cc4ccccc4)CC3)noc12.Cl.Cl.Cl. The molecule has 5 rings (SSSR count). The number of aryl methyl sites for hydroxylation is 1. The summed E-state index contributed by atoms with van der Waals surface area (Å²) in [6, 6.07) is 19.3. The zero-order valence-corrected chi connectivity index (χ0v) is 24.0. The first-order valence-electron chi connectivity index (χ1n) is 12.4. The molecule has 8 heteroatoms. The number of halogens is 3. The van der Waals surface area contributed by atoms with E-state index in [0.29, 0.717) is 0 Å². The van der Waals surface area contributed by atoms with Gasteiger partial charge >= 0.3 is 0 Å². The summed E-state index contributed by atoms with van der Waals surface area (Å²) in [7, 11) is 4.18. The molecule has 5 nitrogen and oxygen atoms in total. The summed E-state index contributed by atoms with van der Waals surface area (Å²) < 4.78 is 5.96.